The first-order chi connectivity index (χ1) is 11.1. The van der Waals surface area contributed by atoms with Crippen LogP contribution in [0.4, 0.5) is 0 Å². The van der Waals surface area contributed by atoms with E-state index in [2.05, 4.69) is 15.2 Å². The number of aryl methyl sites for hydroxylation is 2. The molecule has 0 atom stereocenters. The monoisotopic (exact) mass is 328 g/mol. The Kier molecular flexibility index (Phi) is 4.20. The zero-order chi connectivity index (χ0) is 16.4. The van der Waals surface area contributed by atoms with Crippen LogP contribution in [0.25, 0.3) is 17.0 Å². The molecule has 0 spiro atoms. The minimum absolute atomic E-state index is 0.183. The van der Waals surface area contributed by atoms with Crippen LogP contribution in [0, 0.1) is 0 Å². The highest BCUT2D eigenvalue weighted by molar-refractivity contribution is 8.04. The summed E-state index contributed by atoms with van der Waals surface area (Å²) in [7, 11) is 1.94. The first kappa shape index (κ1) is 15.4. The molecule has 0 unspecified atom stereocenters. The minimum atomic E-state index is -0.995. The second-order valence-corrected chi connectivity index (χ2v) is 6.06. The summed E-state index contributed by atoms with van der Waals surface area (Å²) >= 11 is 1.04. The molecule has 0 saturated heterocycles. The maximum atomic E-state index is 11.6. The van der Waals surface area contributed by atoms with Crippen molar-refractivity contribution in [3.8, 4) is 0 Å². The molecule has 23 heavy (non-hydrogen) atoms. The molecule has 0 saturated carbocycles. The molecule has 2 N–H and O–H groups in total. The molecule has 118 valence electrons. The van der Waals surface area contributed by atoms with Gasteiger partial charge in [0.05, 0.1) is 0 Å². The molecule has 0 aliphatic rings. The Morgan fingerprint density at radius 3 is 2.91 bits per heavy atom. The van der Waals surface area contributed by atoms with E-state index in [1.54, 1.807) is 6.08 Å². The molecule has 0 aliphatic carbocycles. The van der Waals surface area contributed by atoms with E-state index >= 15 is 0 Å². The van der Waals surface area contributed by atoms with E-state index in [0.29, 0.717) is 5.16 Å². The number of carboxylic acid groups (broad SMARTS) is 1. The first-order valence-corrected chi connectivity index (χ1v) is 7.98. The number of aromatic nitrogens is 4. The number of H-pyrrole nitrogens is 1. The smallest absolute Gasteiger partial charge is 0.342 e. The summed E-state index contributed by atoms with van der Waals surface area (Å²) in [6.45, 7) is 1.96. The van der Waals surface area contributed by atoms with Crippen molar-refractivity contribution in [1.82, 2.24) is 19.7 Å². The molecule has 0 amide bonds. The fraction of sp³-hybridized carbons (Fsp3) is 0.188. The highest BCUT2D eigenvalue weighted by Crippen LogP contribution is 2.29. The van der Waals surface area contributed by atoms with Crippen LogP contribution >= 0.6 is 11.8 Å². The molecule has 2 heterocycles. The molecule has 3 aromatic rings. The Hall–Kier alpha value is -2.54. The molecule has 0 bridgehead atoms. The lowest BCUT2D eigenvalue weighted by Gasteiger charge is -1.98. The molecular formula is C16H16N4O2S. The van der Waals surface area contributed by atoms with E-state index in [-0.39, 0.29) is 4.91 Å². The number of nitrogens with zero attached hydrogens (tertiary/aromatic N) is 3. The van der Waals surface area contributed by atoms with Crippen LogP contribution in [0.2, 0.25) is 0 Å². The van der Waals surface area contributed by atoms with Crippen LogP contribution in [0.15, 0.2) is 40.5 Å². The van der Waals surface area contributed by atoms with Crippen molar-refractivity contribution >= 4 is 34.7 Å². The number of aliphatic carboxylic acids is 1. The number of nitrogens with one attached hydrogen (secondary N) is 1. The SMILES string of the molecule is CCc1nc(S/C(=C\c2cn(C)c3ccccc23)C(=O)O)n[nH]1. The number of hydrogen-bond donors (Lipinski definition) is 2. The van der Waals surface area contributed by atoms with E-state index < -0.39 is 5.97 Å². The van der Waals surface area contributed by atoms with Gasteiger partial charge in [0.2, 0.25) is 5.16 Å². The van der Waals surface area contributed by atoms with E-state index in [0.717, 1.165) is 40.5 Å². The Bertz CT molecular complexity index is 895. The van der Waals surface area contributed by atoms with Gasteiger partial charge in [-0.1, -0.05) is 25.1 Å². The molecule has 6 nitrogen and oxygen atoms in total. The molecule has 7 heteroatoms. The Labute approximate surface area is 137 Å². The van der Waals surface area contributed by atoms with Gasteiger partial charge in [0.1, 0.15) is 10.7 Å². The highest BCUT2D eigenvalue weighted by Gasteiger charge is 2.15. The quantitative estimate of drug-likeness (QED) is 0.555. The molecular weight excluding hydrogens is 312 g/mol. The standard InChI is InChI=1S/C16H16N4O2S/c1-3-14-17-16(19-18-14)23-13(15(21)22)8-10-9-20(2)12-7-5-4-6-11(10)12/h4-9H,3H2,1-2H3,(H,21,22)(H,17,18,19)/b13-8-. The number of aromatic amines is 1. The average molecular weight is 328 g/mol. The maximum Gasteiger partial charge on any atom is 0.342 e. The van der Waals surface area contributed by atoms with Gasteiger partial charge in [0.15, 0.2) is 0 Å². The predicted molar refractivity (Wildman–Crippen MR) is 90.1 cm³/mol. The van der Waals surface area contributed by atoms with Gasteiger partial charge in [0.25, 0.3) is 0 Å². The summed E-state index contributed by atoms with van der Waals surface area (Å²) in [5.41, 5.74) is 1.92. The van der Waals surface area contributed by atoms with Gasteiger partial charge in [-0.15, -0.1) is 5.10 Å². The van der Waals surface area contributed by atoms with Gasteiger partial charge < -0.3 is 9.67 Å². The summed E-state index contributed by atoms with van der Waals surface area (Å²) in [5.74, 6) is -0.256. The number of carboxylic acids is 1. The maximum absolute atomic E-state index is 11.6. The Morgan fingerprint density at radius 1 is 1.43 bits per heavy atom. The number of hydrogen-bond acceptors (Lipinski definition) is 4. The zero-order valence-corrected chi connectivity index (χ0v) is 13.6. The van der Waals surface area contributed by atoms with Crippen molar-refractivity contribution < 1.29 is 9.90 Å². The molecule has 0 aliphatic heterocycles. The van der Waals surface area contributed by atoms with Crippen molar-refractivity contribution in [1.29, 1.82) is 0 Å². The fourth-order valence-corrected chi connectivity index (χ4v) is 3.06. The topological polar surface area (TPSA) is 83.8 Å². The van der Waals surface area contributed by atoms with Gasteiger partial charge in [-0.25, -0.2) is 9.78 Å². The van der Waals surface area contributed by atoms with Crippen LogP contribution in [-0.4, -0.2) is 30.8 Å². The number of rotatable bonds is 5. The number of para-hydroxylation sites is 1. The van der Waals surface area contributed by atoms with E-state index in [1.807, 2.05) is 49.0 Å². The predicted octanol–water partition coefficient (Wildman–Crippen LogP) is 3.08. The third kappa shape index (κ3) is 3.14. The third-order valence-corrected chi connectivity index (χ3v) is 4.35. The summed E-state index contributed by atoms with van der Waals surface area (Å²) in [4.78, 5) is 16.0. The lowest BCUT2D eigenvalue weighted by molar-refractivity contribution is -0.131. The van der Waals surface area contributed by atoms with Gasteiger partial charge in [-0.2, -0.15) is 0 Å². The number of thioether (sulfide) groups is 1. The van der Waals surface area contributed by atoms with Crippen molar-refractivity contribution in [2.75, 3.05) is 0 Å². The fourth-order valence-electron chi connectivity index (χ4n) is 2.34. The van der Waals surface area contributed by atoms with E-state index in [4.69, 9.17) is 0 Å². The summed E-state index contributed by atoms with van der Waals surface area (Å²) in [6, 6.07) is 7.88. The molecule has 0 radical (unpaired) electrons. The van der Waals surface area contributed by atoms with Crippen molar-refractivity contribution in [2.24, 2.45) is 7.05 Å². The van der Waals surface area contributed by atoms with Crippen molar-refractivity contribution in [3.05, 3.63) is 46.8 Å². The van der Waals surface area contributed by atoms with Gasteiger partial charge >= 0.3 is 5.97 Å². The molecule has 3 rings (SSSR count). The van der Waals surface area contributed by atoms with Gasteiger partial charge in [-0.3, -0.25) is 5.10 Å². The molecule has 1 aromatic carbocycles. The van der Waals surface area contributed by atoms with E-state index in [1.165, 1.54) is 0 Å². The van der Waals surface area contributed by atoms with Crippen LogP contribution in [0.3, 0.4) is 0 Å². The normalized spacial score (nSPS) is 12.0. The third-order valence-electron chi connectivity index (χ3n) is 3.47. The highest BCUT2D eigenvalue weighted by atomic mass is 32.2. The summed E-state index contributed by atoms with van der Waals surface area (Å²) in [5, 5.41) is 17.7. The largest absolute Gasteiger partial charge is 0.477 e. The number of benzene rings is 1. The van der Waals surface area contributed by atoms with Crippen LogP contribution in [-0.2, 0) is 18.3 Å². The second-order valence-electron chi connectivity index (χ2n) is 5.05. The van der Waals surface area contributed by atoms with Gasteiger partial charge in [-0.05, 0) is 23.9 Å². The molecule has 2 aromatic heterocycles. The van der Waals surface area contributed by atoms with E-state index in [9.17, 15) is 9.90 Å². The summed E-state index contributed by atoms with van der Waals surface area (Å²) in [6.07, 6.45) is 4.31. The minimum Gasteiger partial charge on any atom is -0.477 e. The van der Waals surface area contributed by atoms with Gasteiger partial charge in [0, 0.05) is 36.1 Å². The Morgan fingerprint density at radius 2 is 2.22 bits per heavy atom. The first-order valence-electron chi connectivity index (χ1n) is 7.16. The number of carbonyl (C=O) groups is 1. The lowest BCUT2D eigenvalue weighted by Crippen LogP contribution is -1.97. The number of fused-ring (bicyclic) bond motifs is 1. The van der Waals surface area contributed by atoms with Crippen LogP contribution in [0.1, 0.15) is 18.3 Å². The Balaban J connectivity index is 1.99. The second kappa shape index (κ2) is 6.29. The van der Waals surface area contributed by atoms with Crippen molar-refractivity contribution in [2.45, 2.75) is 18.5 Å². The van der Waals surface area contributed by atoms with Crippen LogP contribution < -0.4 is 0 Å². The summed E-state index contributed by atoms with van der Waals surface area (Å²) < 4.78 is 1.98. The zero-order valence-electron chi connectivity index (χ0n) is 12.8. The molecule has 0 fully saturated rings. The average Bonchev–Trinajstić information content (AvgIpc) is 3.12. The van der Waals surface area contributed by atoms with Crippen LogP contribution in [0.5, 0.6) is 0 Å². The van der Waals surface area contributed by atoms with Crippen molar-refractivity contribution in [3.63, 3.8) is 0 Å². The lowest BCUT2D eigenvalue weighted by atomic mass is 10.1.